The van der Waals surface area contributed by atoms with Gasteiger partial charge in [-0.3, -0.25) is 5.10 Å². The van der Waals surface area contributed by atoms with Crippen LogP contribution >= 0.6 is 31.9 Å². The number of hydrogen-bond acceptors (Lipinski definition) is 3. The Morgan fingerprint density at radius 2 is 2.07 bits per heavy atom. The molecule has 0 saturated carbocycles. The molecule has 2 rings (SSSR count). The van der Waals surface area contributed by atoms with Crippen molar-refractivity contribution in [1.82, 2.24) is 15.2 Å². The molecule has 4 nitrogen and oxygen atoms in total. The van der Waals surface area contributed by atoms with Gasteiger partial charge < -0.3 is 5.73 Å². The van der Waals surface area contributed by atoms with Gasteiger partial charge in [0.1, 0.15) is 0 Å². The third-order valence-corrected chi connectivity index (χ3v) is 2.87. The normalized spacial score (nSPS) is 10.4. The number of nitrogen functional groups attached to an aromatic ring is 1. The van der Waals surface area contributed by atoms with Gasteiger partial charge in [-0.1, -0.05) is 31.9 Å². The van der Waals surface area contributed by atoms with Gasteiger partial charge in [0.05, 0.1) is 0 Å². The number of rotatable bonds is 1. The van der Waals surface area contributed by atoms with Crippen molar-refractivity contribution >= 4 is 37.8 Å². The lowest BCUT2D eigenvalue weighted by atomic mass is 10.2. The van der Waals surface area contributed by atoms with Crippen LogP contribution in [0.1, 0.15) is 0 Å². The molecule has 0 amide bonds. The van der Waals surface area contributed by atoms with E-state index in [2.05, 4.69) is 47.0 Å². The highest BCUT2D eigenvalue weighted by atomic mass is 79.9. The molecule has 0 aliphatic heterocycles. The predicted octanol–water partition coefficient (Wildman–Crippen LogP) is 2.58. The van der Waals surface area contributed by atoms with Crippen molar-refractivity contribution in [2.24, 2.45) is 0 Å². The van der Waals surface area contributed by atoms with Gasteiger partial charge in [0.2, 0.25) is 5.95 Å². The largest absolute Gasteiger partial charge is 0.366 e. The Labute approximate surface area is 97.2 Å². The molecule has 0 atom stereocenters. The van der Waals surface area contributed by atoms with Crippen molar-refractivity contribution in [3.8, 4) is 11.4 Å². The van der Waals surface area contributed by atoms with Crippen LogP contribution in [0.25, 0.3) is 11.4 Å². The van der Waals surface area contributed by atoms with Gasteiger partial charge in [0.25, 0.3) is 0 Å². The molecule has 0 spiro atoms. The minimum atomic E-state index is 0.242. The zero-order valence-electron chi connectivity index (χ0n) is 6.96. The molecule has 0 radical (unpaired) electrons. The van der Waals surface area contributed by atoms with Crippen molar-refractivity contribution in [3.05, 3.63) is 27.1 Å². The Balaban J connectivity index is 2.55. The smallest absolute Gasteiger partial charge is 0.239 e. The van der Waals surface area contributed by atoms with Gasteiger partial charge in [-0.2, -0.15) is 4.98 Å². The van der Waals surface area contributed by atoms with Crippen molar-refractivity contribution in [1.29, 1.82) is 0 Å². The predicted molar refractivity (Wildman–Crippen MR) is 61.6 cm³/mol. The maximum absolute atomic E-state index is 5.42. The first-order chi connectivity index (χ1) is 6.66. The number of benzene rings is 1. The first kappa shape index (κ1) is 9.67. The molecule has 0 saturated heterocycles. The number of nitrogens with one attached hydrogen (secondary N) is 1. The van der Waals surface area contributed by atoms with Gasteiger partial charge in [-0.05, 0) is 18.2 Å². The number of nitrogens with two attached hydrogens (primary N) is 1. The van der Waals surface area contributed by atoms with E-state index >= 15 is 0 Å². The monoisotopic (exact) mass is 316 g/mol. The highest BCUT2D eigenvalue weighted by Gasteiger charge is 2.07. The van der Waals surface area contributed by atoms with Crippen molar-refractivity contribution in [3.63, 3.8) is 0 Å². The minimum Gasteiger partial charge on any atom is -0.366 e. The maximum Gasteiger partial charge on any atom is 0.239 e. The van der Waals surface area contributed by atoms with Crippen LogP contribution in [0.15, 0.2) is 27.1 Å². The number of aromatic amines is 1. The van der Waals surface area contributed by atoms with Gasteiger partial charge in [-0.25, -0.2) is 0 Å². The molecule has 0 fully saturated rings. The number of halogens is 2. The molecule has 0 aliphatic carbocycles. The van der Waals surface area contributed by atoms with Gasteiger partial charge in [-0.15, -0.1) is 5.10 Å². The van der Waals surface area contributed by atoms with Gasteiger partial charge in [0.15, 0.2) is 5.82 Å². The van der Waals surface area contributed by atoms with Crippen LogP contribution in [-0.2, 0) is 0 Å². The third-order valence-electron chi connectivity index (χ3n) is 1.69. The fourth-order valence-electron chi connectivity index (χ4n) is 1.07. The summed E-state index contributed by atoms with van der Waals surface area (Å²) in [6, 6.07) is 5.80. The summed E-state index contributed by atoms with van der Waals surface area (Å²) in [6.45, 7) is 0. The second-order valence-electron chi connectivity index (χ2n) is 2.67. The summed E-state index contributed by atoms with van der Waals surface area (Å²) in [7, 11) is 0. The summed E-state index contributed by atoms with van der Waals surface area (Å²) in [5.41, 5.74) is 6.34. The van der Waals surface area contributed by atoms with E-state index in [0.29, 0.717) is 5.82 Å². The van der Waals surface area contributed by atoms with Crippen LogP contribution < -0.4 is 5.73 Å². The number of nitrogens with zero attached hydrogens (tertiary/aromatic N) is 2. The zero-order chi connectivity index (χ0) is 10.1. The number of hydrogen-bond donors (Lipinski definition) is 2. The van der Waals surface area contributed by atoms with E-state index in [1.807, 2.05) is 18.2 Å². The fraction of sp³-hybridized carbons (Fsp3) is 0. The van der Waals surface area contributed by atoms with Crippen molar-refractivity contribution < 1.29 is 0 Å². The number of anilines is 1. The lowest BCUT2D eigenvalue weighted by Crippen LogP contribution is -1.86. The van der Waals surface area contributed by atoms with Crippen LogP contribution in [-0.4, -0.2) is 15.2 Å². The van der Waals surface area contributed by atoms with Crippen LogP contribution in [0, 0.1) is 0 Å². The van der Waals surface area contributed by atoms with Crippen LogP contribution in [0.3, 0.4) is 0 Å². The average Bonchev–Trinajstić information content (AvgIpc) is 2.56. The van der Waals surface area contributed by atoms with E-state index < -0.39 is 0 Å². The topological polar surface area (TPSA) is 67.6 Å². The molecule has 14 heavy (non-hydrogen) atoms. The molecule has 1 aromatic carbocycles. The van der Waals surface area contributed by atoms with E-state index in [9.17, 15) is 0 Å². The lowest BCUT2D eigenvalue weighted by Gasteiger charge is -2.00. The number of aromatic nitrogens is 3. The molecule has 0 unspecified atom stereocenters. The summed E-state index contributed by atoms with van der Waals surface area (Å²) in [4.78, 5) is 4.04. The molecule has 72 valence electrons. The van der Waals surface area contributed by atoms with E-state index in [0.717, 1.165) is 14.5 Å². The fourth-order valence-corrected chi connectivity index (χ4v) is 1.87. The highest BCUT2D eigenvalue weighted by Crippen LogP contribution is 2.28. The maximum atomic E-state index is 5.42. The molecular formula is C8H6Br2N4. The van der Waals surface area contributed by atoms with E-state index in [-0.39, 0.29) is 5.95 Å². The number of H-pyrrole nitrogens is 1. The first-order valence-corrected chi connectivity index (χ1v) is 5.39. The second-order valence-corrected chi connectivity index (χ2v) is 4.44. The van der Waals surface area contributed by atoms with Gasteiger partial charge in [0, 0.05) is 14.5 Å². The molecular weight excluding hydrogens is 312 g/mol. The van der Waals surface area contributed by atoms with E-state index in [1.54, 1.807) is 0 Å². The summed E-state index contributed by atoms with van der Waals surface area (Å²) < 4.78 is 1.92. The summed E-state index contributed by atoms with van der Waals surface area (Å²) in [5, 5.41) is 6.52. The Morgan fingerprint density at radius 1 is 1.29 bits per heavy atom. The zero-order valence-corrected chi connectivity index (χ0v) is 10.1. The lowest BCUT2D eigenvalue weighted by molar-refractivity contribution is 1.10. The summed E-state index contributed by atoms with van der Waals surface area (Å²) in [6.07, 6.45) is 0. The molecule has 2 aromatic rings. The third kappa shape index (κ3) is 1.80. The van der Waals surface area contributed by atoms with Crippen molar-refractivity contribution in [2.45, 2.75) is 0 Å². The van der Waals surface area contributed by atoms with Gasteiger partial charge >= 0.3 is 0 Å². The van der Waals surface area contributed by atoms with Crippen LogP contribution in [0.4, 0.5) is 5.95 Å². The summed E-state index contributed by atoms with van der Waals surface area (Å²) in [5.74, 6) is 0.891. The Morgan fingerprint density at radius 3 is 2.71 bits per heavy atom. The SMILES string of the molecule is Nc1n[nH]c(-c2cc(Br)ccc2Br)n1. The molecule has 0 aliphatic rings. The van der Waals surface area contributed by atoms with E-state index in [4.69, 9.17) is 5.73 Å². The molecule has 1 aromatic heterocycles. The van der Waals surface area contributed by atoms with E-state index in [1.165, 1.54) is 0 Å². The molecule has 0 bridgehead atoms. The quantitative estimate of drug-likeness (QED) is 0.849. The molecule has 1 heterocycles. The Kier molecular flexibility index (Phi) is 2.56. The molecule has 3 N–H and O–H groups in total. The van der Waals surface area contributed by atoms with Crippen LogP contribution in [0.5, 0.6) is 0 Å². The average molecular weight is 318 g/mol. The first-order valence-electron chi connectivity index (χ1n) is 3.80. The highest BCUT2D eigenvalue weighted by molar-refractivity contribution is 9.11. The summed E-state index contributed by atoms with van der Waals surface area (Å²) >= 11 is 6.81. The minimum absolute atomic E-state index is 0.242. The van der Waals surface area contributed by atoms with Crippen LogP contribution in [0.2, 0.25) is 0 Å². The Bertz CT molecular complexity index is 466. The standard InChI is InChI=1S/C8H6Br2N4/c9-4-1-2-6(10)5(3-4)7-12-8(11)14-13-7/h1-3H,(H3,11,12,13,14). The van der Waals surface area contributed by atoms with Crippen molar-refractivity contribution in [2.75, 3.05) is 5.73 Å². The molecule has 6 heteroatoms. The second kappa shape index (κ2) is 3.70. The Hall–Kier alpha value is -0.880.